The van der Waals surface area contributed by atoms with E-state index in [1.807, 2.05) is 6.07 Å². The van der Waals surface area contributed by atoms with Crippen LogP contribution in [0.2, 0.25) is 0 Å². The summed E-state index contributed by atoms with van der Waals surface area (Å²) in [4.78, 5) is 0. The van der Waals surface area contributed by atoms with E-state index in [1.54, 1.807) is 4.31 Å². The molecule has 1 N–H and O–H groups in total. The Kier molecular flexibility index (Phi) is 6.21. The number of aliphatic hydroxyl groups excluding tert-OH is 1. The summed E-state index contributed by atoms with van der Waals surface area (Å²) in [5.74, 6) is 0.744. The van der Waals surface area contributed by atoms with Crippen molar-refractivity contribution >= 4 is 10.0 Å². The first kappa shape index (κ1) is 16.5. The van der Waals surface area contributed by atoms with E-state index in [9.17, 15) is 8.42 Å². The zero-order chi connectivity index (χ0) is 15.1. The van der Waals surface area contributed by atoms with Gasteiger partial charge in [-0.1, -0.05) is 30.3 Å². The van der Waals surface area contributed by atoms with Crippen molar-refractivity contribution < 1.29 is 13.5 Å². The molecular weight excluding hydrogens is 286 g/mol. The lowest BCUT2D eigenvalue weighted by Gasteiger charge is -2.31. The third-order valence-electron chi connectivity index (χ3n) is 4.14. The monoisotopic (exact) mass is 311 g/mol. The highest BCUT2D eigenvalue weighted by Gasteiger charge is 2.27. The second-order valence-corrected chi connectivity index (χ2v) is 7.87. The van der Waals surface area contributed by atoms with Crippen LogP contribution in [0.1, 0.15) is 31.2 Å². The smallest absolute Gasteiger partial charge is 0.214 e. The van der Waals surface area contributed by atoms with E-state index in [0.717, 1.165) is 19.3 Å². The Morgan fingerprint density at radius 3 is 2.38 bits per heavy atom. The summed E-state index contributed by atoms with van der Waals surface area (Å²) >= 11 is 0. The van der Waals surface area contributed by atoms with Crippen LogP contribution >= 0.6 is 0 Å². The topological polar surface area (TPSA) is 57.6 Å². The van der Waals surface area contributed by atoms with E-state index in [-0.39, 0.29) is 12.4 Å². The number of sulfonamides is 1. The molecule has 2 rings (SSSR count). The highest BCUT2D eigenvalue weighted by atomic mass is 32.2. The summed E-state index contributed by atoms with van der Waals surface area (Å²) in [6.45, 7) is 1.34. The maximum Gasteiger partial charge on any atom is 0.214 e. The van der Waals surface area contributed by atoms with Gasteiger partial charge in [0.05, 0.1) is 5.75 Å². The number of hydrogen-bond donors (Lipinski definition) is 1. The zero-order valence-corrected chi connectivity index (χ0v) is 13.3. The van der Waals surface area contributed by atoms with Gasteiger partial charge in [-0.15, -0.1) is 0 Å². The Hall–Kier alpha value is -0.910. The average Bonchev–Trinajstić information content (AvgIpc) is 2.49. The molecule has 1 aromatic rings. The van der Waals surface area contributed by atoms with Gasteiger partial charge in [-0.2, -0.15) is 0 Å². The molecule has 0 aromatic heterocycles. The van der Waals surface area contributed by atoms with Gasteiger partial charge in [0.15, 0.2) is 0 Å². The molecule has 4 nitrogen and oxygen atoms in total. The molecule has 0 saturated carbocycles. The molecular formula is C16H25NO3S. The molecule has 1 aromatic carbocycles. The Balaban J connectivity index is 1.80. The van der Waals surface area contributed by atoms with Crippen molar-refractivity contribution in [3.8, 4) is 0 Å². The Morgan fingerprint density at radius 2 is 1.76 bits per heavy atom. The molecule has 0 bridgehead atoms. The normalized spacial score (nSPS) is 18.0. The van der Waals surface area contributed by atoms with Crippen molar-refractivity contribution in [2.45, 2.75) is 32.1 Å². The molecule has 0 atom stereocenters. The number of rotatable bonds is 7. The molecule has 0 radical (unpaired) electrons. The SMILES string of the molecule is O=S(=O)(CCCCO)N1CCC(Cc2ccccc2)CC1. The Bertz CT molecular complexity index is 508. The summed E-state index contributed by atoms with van der Waals surface area (Å²) < 4.78 is 26.0. The molecule has 0 amide bonds. The van der Waals surface area contributed by atoms with Gasteiger partial charge in [0.1, 0.15) is 0 Å². The van der Waals surface area contributed by atoms with Gasteiger partial charge in [-0.05, 0) is 43.6 Å². The van der Waals surface area contributed by atoms with Crippen LogP contribution in [0.3, 0.4) is 0 Å². The predicted molar refractivity (Wildman–Crippen MR) is 84.5 cm³/mol. The molecule has 1 aliphatic heterocycles. The van der Waals surface area contributed by atoms with Gasteiger partial charge in [0.25, 0.3) is 0 Å². The summed E-state index contributed by atoms with van der Waals surface area (Å²) in [5, 5.41) is 8.74. The van der Waals surface area contributed by atoms with Crippen LogP contribution in [0.15, 0.2) is 30.3 Å². The summed E-state index contributed by atoms with van der Waals surface area (Å²) in [7, 11) is -3.13. The Morgan fingerprint density at radius 1 is 1.10 bits per heavy atom. The fourth-order valence-electron chi connectivity index (χ4n) is 2.86. The van der Waals surface area contributed by atoms with Crippen molar-refractivity contribution in [3.63, 3.8) is 0 Å². The lowest BCUT2D eigenvalue weighted by atomic mass is 9.91. The maximum absolute atomic E-state index is 12.2. The standard InChI is InChI=1S/C16H25NO3S/c18-12-4-5-13-21(19,20)17-10-8-16(9-11-17)14-15-6-2-1-3-7-15/h1-3,6-7,16,18H,4-5,8-14H2. The third-order valence-corrected chi connectivity index (χ3v) is 6.10. The molecule has 5 heteroatoms. The summed E-state index contributed by atoms with van der Waals surface area (Å²) in [6.07, 6.45) is 4.02. The van der Waals surface area contributed by atoms with Gasteiger partial charge in [0.2, 0.25) is 10.0 Å². The number of piperidine rings is 1. The zero-order valence-electron chi connectivity index (χ0n) is 12.4. The van der Waals surface area contributed by atoms with E-state index >= 15 is 0 Å². The molecule has 1 heterocycles. The molecule has 0 unspecified atom stereocenters. The summed E-state index contributed by atoms with van der Waals surface area (Å²) in [6, 6.07) is 10.4. The van der Waals surface area contributed by atoms with E-state index in [4.69, 9.17) is 5.11 Å². The van der Waals surface area contributed by atoms with Crippen molar-refractivity contribution in [1.82, 2.24) is 4.31 Å². The lowest BCUT2D eigenvalue weighted by Crippen LogP contribution is -2.40. The van der Waals surface area contributed by atoms with Crippen molar-refractivity contribution in [3.05, 3.63) is 35.9 Å². The van der Waals surface area contributed by atoms with E-state index < -0.39 is 10.0 Å². The van der Waals surface area contributed by atoms with Crippen molar-refractivity contribution in [1.29, 1.82) is 0 Å². The van der Waals surface area contributed by atoms with Gasteiger partial charge < -0.3 is 5.11 Å². The molecule has 118 valence electrons. The largest absolute Gasteiger partial charge is 0.396 e. The van der Waals surface area contributed by atoms with Crippen LogP contribution in [0.4, 0.5) is 0 Å². The van der Waals surface area contributed by atoms with Gasteiger partial charge in [-0.25, -0.2) is 12.7 Å². The van der Waals surface area contributed by atoms with Crippen LogP contribution in [-0.2, 0) is 16.4 Å². The van der Waals surface area contributed by atoms with Crippen LogP contribution < -0.4 is 0 Å². The second kappa shape index (κ2) is 7.92. The van der Waals surface area contributed by atoms with E-state index in [0.29, 0.717) is 31.8 Å². The first-order chi connectivity index (χ1) is 10.1. The quantitative estimate of drug-likeness (QED) is 0.784. The highest BCUT2D eigenvalue weighted by Crippen LogP contribution is 2.23. The highest BCUT2D eigenvalue weighted by molar-refractivity contribution is 7.89. The lowest BCUT2D eigenvalue weighted by molar-refractivity contribution is 0.270. The minimum Gasteiger partial charge on any atom is -0.396 e. The molecule has 0 spiro atoms. The third kappa shape index (κ3) is 5.09. The molecule has 1 saturated heterocycles. The molecule has 0 aliphatic carbocycles. The number of hydrogen-bond acceptors (Lipinski definition) is 3. The minimum atomic E-state index is -3.13. The molecule has 21 heavy (non-hydrogen) atoms. The number of nitrogens with zero attached hydrogens (tertiary/aromatic N) is 1. The fraction of sp³-hybridized carbons (Fsp3) is 0.625. The fourth-order valence-corrected chi connectivity index (χ4v) is 4.46. The van der Waals surface area contributed by atoms with E-state index in [2.05, 4.69) is 24.3 Å². The van der Waals surface area contributed by atoms with Crippen molar-refractivity contribution in [2.24, 2.45) is 5.92 Å². The average molecular weight is 311 g/mol. The molecule has 1 fully saturated rings. The molecule has 1 aliphatic rings. The number of benzene rings is 1. The van der Waals surface area contributed by atoms with Crippen LogP contribution in [0.5, 0.6) is 0 Å². The van der Waals surface area contributed by atoms with Crippen LogP contribution in [0.25, 0.3) is 0 Å². The number of aliphatic hydroxyl groups is 1. The first-order valence-electron chi connectivity index (χ1n) is 7.74. The first-order valence-corrected chi connectivity index (χ1v) is 9.35. The predicted octanol–water partition coefficient (Wildman–Crippen LogP) is 2.04. The van der Waals surface area contributed by atoms with Crippen LogP contribution in [-0.4, -0.2) is 43.3 Å². The summed E-state index contributed by atoms with van der Waals surface area (Å²) in [5.41, 5.74) is 1.33. The van der Waals surface area contributed by atoms with E-state index in [1.165, 1.54) is 5.56 Å². The number of unbranched alkanes of at least 4 members (excludes halogenated alkanes) is 1. The maximum atomic E-state index is 12.2. The van der Waals surface area contributed by atoms with Crippen LogP contribution in [0, 0.1) is 5.92 Å². The Labute approximate surface area is 127 Å². The van der Waals surface area contributed by atoms with Crippen molar-refractivity contribution in [2.75, 3.05) is 25.4 Å². The second-order valence-electron chi connectivity index (χ2n) is 5.78. The van der Waals surface area contributed by atoms with Gasteiger partial charge >= 0.3 is 0 Å². The van der Waals surface area contributed by atoms with Gasteiger partial charge in [-0.3, -0.25) is 0 Å². The van der Waals surface area contributed by atoms with Gasteiger partial charge in [0, 0.05) is 19.7 Å². The minimum absolute atomic E-state index is 0.0642.